The van der Waals surface area contributed by atoms with Gasteiger partial charge in [0.25, 0.3) is 5.82 Å². The molecule has 0 saturated heterocycles. The molecule has 2 aromatic heterocycles. The highest BCUT2D eigenvalue weighted by Crippen LogP contribution is 2.07. The van der Waals surface area contributed by atoms with Crippen LogP contribution in [0.25, 0.3) is 0 Å². The summed E-state index contributed by atoms with van der Waals surface area (Å²) in [6, 6.07) is 2.07. The van der Waals surface area contributed by atoms with Crippen LogP contribution in [0, 0.1) is 0 Å². The average molecular weight is 237 g/mol. The van der Waals surface area contributed by atoms with Gasteiger partial charge in [-0.25, -0.2) is 9.78 Å². The van der Waals surface area contributed by atoms with Crippen molar-refractivity contribution in [3.63, 3.8) is 0 Å². The van der Waals surface area contributed by atoms with E-state index in [0.717, 1.165) is 6.42 Å². The van der Waals surface area contributed by atoms with Crippen molar-refractivity contribution in [3.05, 3.63) is 34.5 Å². The molecule has 0 bridgehead atoms. The van der Waals surface area contributed by atoms with Crippen molar-refractivity contribution < 1.29 is 9.53 Å². The van der Waals surface area contributed by atoms with E-state index in [4.69, 9.17) is 0 Å². The monoisotopic (exact) mass is 237 g/mol. The zero-order valence-corrected chi connectivity index (χ0v) is 9.61. The molecule has 0 amide bonds. The highest BCUT2D eigenvalue weighted by atomic mass is 32.1. The van der Waals surface area contributed by atoms with Gasteiger partial charge in [-0.3, -0.25) is 4.68 Å². The van der Waals surface area contributed by atoms with Gasteiger partial charge in [-0.1, -0.05) is 0 Å². The Morgan fingerprint density at radius 3 is 3.19 bits per heavy atom. The van der Waals surface area contributed by atoms with E-state index < -0.39 is 5.97 Å². The van der Waals surface area contributed by atoms with Gasteiger partial charge in [0.1, 0.15) is 6.33 Å². The summed E-state index contributed by atoms with van der Waals surface area (Å²) in [4.78, 5) is 15.0. The molecular weight excluding hydrogens is 226 g/mol. The summed E-state index contributed by atoms with van der Waals surface area (Å²) in [6.45, 7) is 0.709. The molecule has 0 aliphatic heterocycles. The number of hydrogen-bond acceptors (Lipinski definition) is 5. The van der Waals surface area contributed by atoms with Gasteiger partial charge in [0, 0.05) is 6.54 Å². The largest absolute Gasteiger partial charge is 0.463 e. The second kappa shape index (κ2) is 4.89. The fourth-order valence-corrected chi connectivity index (χ4v) is 1.97. The summed E-state index contributed by atoms with van der Waals surface area (Å²) in [5, 5.41) is 8.15. The molecule has 0 atom stereocenters. The van der Waals surface area contributed by atoms with Gasteiger partial charge in [-0.15, -0.1) is 5.10 Å². The van der Waals surface area contributed by atoms with E-state index in [-0.39, 0.29) is 5.82 Å². The number of rotatable bonds is 4. The molecule has 0 unspecified atom stereocenters. The molecule has 2 heterocycles. The number of thiophene rings is 1. The predicted octanol–water partition coefficient (Wildman–Crippen LogP) is 1.37. The molecular formula is C10H11N3O2S. The topological polar surface area (TPSA) is 57.0 Å². The summed E-state index contributed by atoms with van der Waals surface area (Å²) < 4.78 is 6.17. The Kier molecular flexibility index (Phi) is 3.31. The molecule has 84 valence electrons. The maximum atomic E-state index is 11.1. The summed E-state index contributed by atoms with van der Waals surface area (Å²) in [6.07, 6.45) is 2.42. The van der Waals surface area contributed by atoms with E-state index in [0.29, 0.717) is 6.54 Å². The average Bonchev–Trinajstić information content (AvgIpc) is 2.96. The van der Waals surface area contributed by atoms with E-state index >= 15 is 0 Å². The third kappa shape index (κ3) is 2.46. The first-order valence-corrected chi connectivity index (χ1v) is 5.72. The Morgan fingerprint density at radius 2 is 2.50 bits per heavy atom. The van der Waals surface area contributed by atoms with Gasteiger partial charge in [0.05, 0.1) is 7.11 Å². The number of carbonyl (C=O) groups excluding carboxylic acids is 1. The number of nitrogens with zero attached hydrogens (tertiary/aromatic N) is 3. The standard InChI is InChI=1S/C10H11N3O2S/c1-15-10(14)9-11-7-13(12-9)4-2-8-3-5-16-6-8/h3,5-7H,2,4H2,1H3. The summed E-state index contributed by atoms with van der Waals surface area (Å²) in [5.41, 5.74) is 1.26. The fourth-order valence-electron chi connectivity index (χ4n) is 1.27. The van der Waals surface area contributed by atoms with Crippen LogP contribution in [0.1, 0.15) is 16.2 Å². The molecule has 16 heavy (non-hydrogen) atoms. The highest BCUT2D eigenvalue weighted by molar-refractivity contribution is 7.07. The first-order chi connectivity index (χ1) is 7.79. The molecule has 2 rings (SSSR count). The maximum absolute atomic E-state index is 11.1. The van der Waals surface area contributed by atoms with Crippen molar-refractivity contribution in [1.82, 2.24) is 14.8 Å². The summed E-state index contributed by atoms with van der Waals surface area (Å²) in [7, 11) is 1.31. The Balaban J connectivity index is 1.95. The molecule has 0 aromatic carbocycles. The van der Waals surface area contributed by atoms with Gasteiger partial charge in [-0.05, 0) is 28.8 Å². The van der Waals surface area contributed by atoms with Gasteiger partial charge < -0.3 is 4.74 Å². The third-order valence-electron chi connectivity index (χ3n) is 2.11. The van der Waals surface area contributed by atoms with Gasteiger partial charge >= 0.3 is 5.97 Å². The SMILES string of the molecule is COC(=O)c1ncn(CCc2ccsc2)n1. The lowest BCUT2D eigenvalue weighted by atomic mass is 10.2. The molecule has 6 heteroatoms. The van der Waals surface area contributed by atoms with Crippen LogP contribution in [0.3, 0.4) is 0 Å². The molecule has 0 fully saturated rings. The molecule has 0 saturated carbocycles. The quantitative estimate of drug-likeness (QED) is 0.754. The lowest BCUT2D eigenvalue weighted by molar-refractivity contribution is 0.0586. The minimum atomic E-state index is -0.505. The van der Waals surface area contributed by atoms with Gasteiger partial charge in [0.15, 0.2) is 0 Å². The van der Waals surface area contributed by atoms with E-state index in [9.17, 15) is 4.79 Å². The molecule has 0 aliphatic rings. The smallest absolute Gasteiger partial charge is 0.377 e. The first kappa shape index (κ1) is 10.8. The number of ether oxygens (including phenoxy) is 1. The predicted molar refractivity (Wildman–Crippen MR) is 59.4 cm³/mol. The molecule has 0 N–H and O–H groups in total. The normalized spacial score (nSPS) is 10.3. The van der Waals surface area contributed by atoms with Crippen LogP contribution >= 0.6 is 11.3 Å². The van der Waals surface area contributed by atoms with Crippen LogP contribution in [0.15, 0.2) is 23.2 Å². The minimum Gasteiger partial charge on any atom is -0.463 e. The second-order valence-corrected chi connectivity index (χ2v) is 3.98. The summed E-state index contributed by atoms with van der Waals surface area (Å²) >= 11 is 1.67. The van der Waals surface area contributed by atoms with E-state index in [1.165, 1.54) is 12.7 Å². The maximum Gasteiger partial charge on any atom is 0.377 e. The van der Waals surface area contributed by atoms with Crippen LogP contribution in [0.2, 0.25) is 0 Å². The lowest BCUT2D eigenvalue weighted by Crippen LogP contribution is -2.06. The van der Waals surface area contributed by atoms with Gasteiger partial charge in [-0.2, -0.15) is 11.3 Å². The van der Waals surface area contributed by atoms with Gasteiger partial charge in [0.2, 0.25) is 0 Å². The van der Waals surface area contributed by atoms with E-state index in [2.05, 4.69) is 26.3 Å². The second-order valence-electron chi connectivity index (χ2n) is 3.20. The number of aryl methyl sites for hydroxylation is 2. The Hall–Kier alpha value is -1.69. The Bertz CT molecular complexity index is 464. The van der Waals surface area contributed by atoms with Crippen LogP contribution in [-0.4, -0.2) is 27.8 Å². The zero-order valence-electron chi connectivity index (χ0n) is 8.79. The molecule has 2 aromatic rings. The van der Waals surface area contributed by atoms with Crippen molar-refractivity contribution in [2.45, 2.75) is 13.0 Å². The highest BCUT2D eigenvalue weighted by Gasteiger charge is 2.10. The van der Waals surface area contributed by atoms with Crippen molar-refractivity contribution in [3.8, 4) is 0 Å². The van der Waals surface area contributed by atoms with Crippen LogP contribution in [0.4, 0.5) is 0 Å². The van der Waals surface area contributed by atoms with Crippen molar-refractivity contribution in [2.24, 2.45) is 0 Å². The van der Waals surface area contributed by atoms with E-state index in [1.807, 2.05) is 5.38 Å². The number of esters is 1. The third-order valence-corrected chi connectivity index (χ3v) is 2.85. The van der Waals surface area contributed by atoms with E-state index in [1.54, 1.807) is 22.3 Å². The lowest BCUT2D eigenvalue weighted by Gasteiger charge is -1.97. The fraction of sp³-hybridized carbons (Fsp3) is 0.300. The number of methoxy groups -OCH3 is 1. The van der Waals surface area contributed by atoms with Crippen molar-refractivity contribution in [2.75, 3.05) is 7.11 Å². The molecule has 0 spiro atoms. The van der Waals surface area contributed by atoms with Crippen LogP contribution in [-0.2, 0) is 17.7 Å². The summed E-state index contributed by atoms with van der Waals surface area (Å²) in [5.74, 6) is -0.401. The molecule has 0 aliphatic carbocycles. The van der Waals surface area contributed by atoms with Crippen LogP contribution < -0.4 is 0 Å². The van der Waals surface area contributed by atoms with Crippen molar-refractivity contribution >= 4 is 17.3 Å². The first-order valence-electron chi connectivity index (χ1n) is 4.78. The number of aromatic nitrogens is 3. The zero-order chi connectivity index (χ0) is 11.4. The Morgan fingerprint density at radius 1 is 1.62 bits per heavy atom. The molecule has 5 nitrogen and oxygen atoms in total. The Labute approximate surface area is 96.7 Å². The minimum absolute atomic E-state index is 0.104. The van der Waals surface area contributed by atoms with Crippen molar-refractivity contribution in [1.29, 1.82) is 0 Å². The molecule has 0 radical (unpaired) electrons. The number of carbonyl (C=O) groups is 1. The number of hydrogen-bond donors (Lipinski definition) is 0. The van der Waals surface area contributed by atoms with Crippen LogP contribution in [0.5, 0.6) is 0 Å².